The van der Waals surface area contributed by atoms with Gasteiger partial charge >= 0.3 is 0 Å². The highest BCUT2D eigenvalue weighted by Crippen LogP contribution is 2.19. The quantitative estimate of drug-likeness (QED) is 0.762. The highest BCUT2D eigenvalue weighted by Gasteiger charge is 2.07. The van der Waals surface area contributed by atoms with Crippen LogP contribution in [-0.4, -0.2) is 13.2 Å². The predicted molar refractivity (Wildman–Crippen MR) is 73.3 cm³/mol. The topological polar surface area (TPSA) is 21.3 Å². The molecule has 1 aromatic rings. The Hall–Kier alpha value is -1.09. The summed E-state index contributed by atoms with van der Waals surface area (Å²) in [5, 5.41) is 3.17. The van der Waals surface area contributed by atoms with Crippen molar-refractivity contribution in [2.45, 2.75) is 40.2 Å². The average Bonchev–Trinajstić information content (AvgIpc) is 2.35. The molecular weight excluding hydrogens is 229 g/mol. The molecule has 102 valence electrons. The molecule has 0 aliphatic carbocycles. The maximum atomic E-state index is 13.8. The first-order chi connectivity index (χ1) is 8.67. The lowest BCUT2D eigenvalue weighted by Crippen LogP contribution is -2.12. The summed E-state index contributed by atoms with van der Waals surface area (Å²) in [6.07, 6.45) is 2.24. The molecule has 0 bridgehead atoms. The summed E-state index contributed by atoms with van der Waals surface area (Å²) in [6, 6.07) is 5.18. The summed E-state index contributed by atoms with van der Waals surface area (Å²) in [6.45, 7) is 8.46. The normalized spacial score (nSPS) is 12.4. The van der Waals surface area contributed by atoms with Crippen LogP contribution in [0.15, 0.2) is 18.2 Å². The van der Waals surface area contributed by atoms with Gasteiger partial charge in [-0.3, -0.25) is 0 Å². The van der Waals surface area contributed by atoms with Crippen LogP contribution in [0.4, 0.5) is 4.39 Å². The summed E-state index contributed by atoms with van der Waals surface area (Å²) >= 11 is 0. The second kappa shape index (κ2) is 8.09. The Bertz CT molecular complexity index is 354. The van der Waals surface area contributed by atoms with Crippen molar-refractivity contribution in [3.8, 4) is 5.75 Å². The molecule has 0 aliphatic rings. The molecular formula is C15H24FNO. The van der Waals surface area contributed by atoms with Gasteiger partial charge in [-0.2, -0.15) is 0 Å². The van der Waals surface area contributed by atoms with Gasteiger partial charge in [0.1, 0.15) is 0 Å². The fourth-order valence-electron chi connectivity index (χ4n) is 1.85. The number of benzene rings is 1. The first-order valence-electron chi connectivity index (χ1n) is 6.79. The summed E-state index contributed by atoms with van der Waals surface area (Å²) in [7, 11) is 0. The van der Waals surface area contributed by atoms with Crippen molar-refractivity contribution in [1.82, 2.24) is 5.32 Å². The highest BCUT2D eigenvalue weighted by molar-refractivity contribution is 5.29. The number of hydrogen-bond donors (Lipinski definition) is 1. The molecule has 1 unspecified atom stereocenters. The molecule has 0 radical (unpaired) electrons. The van der Waals surface area contributed by atoms with Gasteiger partial charge < -0.3 is 10.1 Å². The monoisotopic (exact) mass is 253 g/mol. The zero-order valence-electron chi connectivity index (χ0n) is 11.6. The van der Waals surface area contributed by atoms with Crippen LogP contribution >= 0.6 is 0 Å². The Morgan fingerprint density at radius 3 is 2.72 bits per heavy atom. The third-order valence-electron chi connectivity index (χ3n) is 2.88. The van der Waals surface area contributed by atoms with E-state index < -0.39 is 0 Å². The smallest absolute Gasteiger partial charge is 0.165 e. The van der Waals surface area contributed by atoms with E-state index in [0.717, 1.165) is 24.9 Å². The summed E-state index contributed by atoms with van der Waals surface area (Å²) in [5.74, 6) is 0.558. The summed E-state index contributed by atoms with van der Waals surface area (Å²) in [4.78, 5) is 0. The van der Waals surface area contributed by atoms with Crippen LogP contribution in [0.1, 0.15) is 39.2 Å². The molecule has 18 heavy (non-hydrogen) atoms. The van der Waals surface area contributed by atoms with Crippen molar-refractivity contribution >= 4 is 0 Å². The number of nitrogens with one attached hydrogen (secondary N) is 1. The average molecular weight is 253 g/mol. The number of hydrogen-bond acceptors (Lipinski definition) is 2. The Labute approximate surface area is 110 Å². The Morgan fingerprint density at radius 2 is 2.11 bits per heavy atom. The van der Waals surface area contributed by atoms with Crippen LogP contribution in [0.3, 0.4) is 0 Å². The van der Waals surface area contributed by atoms with E-state index in [0.29, 0.717) is 24.8 Å². The van der Waals surface area contributed by atoms with Crippen molar-refractivity contribution in [2.24, 2.45) is 5.92 Å². The van der Waals surface area contributed by atoms with E-state index in [1.807, 2.05) is 13.0 Å². The number of halogens is 1. The first-order valence-corrected chi connectivity index (χ1v) is 6.79. The van der Waals surface area contributed by atoms with Crippen LogP contribution in [0.2, 0.25) is 0 Å². The molecule has 1 N–H and O–H groups in total. The third-order valence-corrected chi connectivity index (χ3v) is 2.88. The largest absolute Gasteiger partial charge is 0.490 e. The molecule has 1 atom stereocenters. The van der Waals surface area contributed by atoms with Crippen molar-refractivity contribution in [3.05, 3.63) is 29.6 Å². The lowest BCUT2D eigenvalue weighted by molar-refractivity contribution is 0.241. The second-order valence-corrected chi connectivity index (χ2v) is 4.75. The fourth-order valence-corrected chi connectivity index (χ4v) is 1.85. The molecule has 0 saturated heterocycles. The van der Waals surface area contributed by atoms with Crippen LogP contribution in [0.5, 0.6) is 5.75 Å². The van der Waals surface area contributed by atoms with Gasteiger partial charge in [0.25, 0.3) is 0 Å². The van der Waals surface area contributed by atoms with Gasteiger partial charge in [0.15, 0.2) is 11.6 Å². The minimum atomic E-state index is -0.269. The van der Waals surface area contributed by atoms with Crippen molar-refractivity contribution < 1.29 is 9.13 Å². The third kappa shape index (κ3) is 5.05. The van der Waals surface area contributed by atoms with E-state index in [1.54, 1.807) is 12.1 Å². The first kappa shape index (κ1) is 15.0. The molecule has 1 rings (SSSR count). The van der Waals surface area contributed by atoms with E-state index in [2.05, 4.69) is 19.2 Å². The van der Waals surface area contributed by atoms with Crippen molar-refractivity contribution in [1.29, 1.82) is 0 Å². The van der Waals surface area contributed by atoms with Crippen molar-refractivity contribution in [2.75, 3.05) is 13.2 Å². The fraction of sp³-hybridized carbons (Fsp3) is 0.600. The summed E-state index contributed by atoms with van der Waals surface area (Å²) in [5.41, 5.74) is 0.948. The van der Waals surface area contributed by atoms with Gasteiger partial charge in [-0.25, -0.2) is 4.39 Å². The zero-order chi connectivity index (χ0) is 13.4. The van der Waals surface area contributed by atoms with Crippen LogP contribution in [-0.2, 0) is 6.54 Å². The molecule has 0 aromatic heterocycles. The lowest BCUT2D eigenvalue weighted by Gasteiger charge is -2.13. The Morgan fingerprint density at radius 1 is 1.33 bits per heavy atom. The molecule has 0 saturated carbocycles. The van der Waals surface area contributed by atoms with Crippen LogP contribution in [0.25, 0.3) is 0 Å². The van der Waals surface area contributed by atoms with Gasteiger partial charge in [0, 0.05) is 6.54 Å². The van der Waals surface area contributed by atoms with Gasteiger partial charge in [0.05, 0.1) is 6.61 Å². The number of rotatable bonds is 8. The zero-order valence-corrected chi connectivity index (χ0v) is 11.6. The van der Waals surface area contributed by atoms with Gasteiger partial charge in [-0.15, -0.1) is 0 Å². The molecule has 0 aliphatic heterocycles. The van der Waals surface area contributed by atoms with Crippen LogP contribution in [0, 0.1) is 11.7 Å². The minimum absolute atomic E-state index is 0.269. The molecule has 1 aromatic carbocycles. The Balaban J connectivity index is 2.51. The van der Waals surface area contributed by atoms with Gasteiger partial charge in [-0.1, -0.05) is 33.3 Å². The molecule has 0 amide bonds. The predicted octanol–water partition coefficient (Wildman–Crippen LogP) is 3.75. The second-order valence-electron chi connectivity index (χ2n) is 4.75. The molecule has 2 nitrogen and oxygen atoms in total. The highest BCUT2D eigenvalue weighted by atomic mass is 19.1. The van der Waals surface area contributed by atoms with Gasteiger partial charge in [0.2, 0.25) is 0 Å². The Kier molecular flexibility index (Phi) is 6.73. The van der Waals surface area contributed by atoms with E-state index >= 15 is 0 Å². The standard InChI is InChI=1S/C15H24FNO/c1-4-6-12(3)11-18-15-8-7-13(9-14(15)16)10-17-5-2/h7-9,12,17H,4-6,10-11H2,1-3H3. The SMILES string of the molecule is CCCC(C)COc1ccc(CNCC)cc1F. The minimum Gasteiger partial charge on any atom is -0.490 e. The molecule has 0 heterocycles. The maximum Gasteiger partial charge on any atom is 0.165 e. The lowest BCUT2D eigenvalue weighted by atomic mass is 10.1. The van der Waals surface area contributed by atoms with E-state index in [9.17, 15) is 4.39 Å². The molecule has 0 fully saturated rings. The summed E-state index contributed by atoms with van der Waals surface area (Å²) < 4.78 is 19.3. The number of ether oxygens (including phenoxy) is 1. The van der Waals surface area contributed by atoms with E-state index in [-0.39, 0.29) is 5.82 Å². The van der Waals surface area contributed by atoms with E-state index in [1.165, 1.54) is 0 Å². The molecule has 3 heteroatoms. The van der Waals surface area contributed by atoms with Gasteiger partial charge in [-0.05, 0) is 36.6 Å². The van der Waals surface area contributed by atoms with Crippen molar-refractivity contribution in [3.63, 3.8) is 0 Å². The van der Waals surface area contributed by atoms with E-state index in [4.69, 9.17) is 4.74 Å². The molecule has 0 spiro atoms. The maximum absolute atomic E-state index is 13.8. The van der Waals surface area contributed by atoms with Crippen LogP contribution < -0.4 is 10.1 Å².